The molecule has 0 aliphatic heterocycles. The smallest absolute Gasteiger partial charge is 0.0888 e. The lowest BCUT2D eigenvalue weighted by molar-refractivity contribution is 1.27. The number of hydrogen-bond donors (Lipinski definition) is 0. The van der Waals surface area contributed by atoms with Crippen LogP contribution in [-0.4, -0.2) is 4.98 Å². The van der Waals surface area contributed by atoms with Crippen LogP contribution in [0.1, 0.15) is 5.56 Å². The summed E-state index contributed by atoms with van der Waals surface area (Å²) >= 11 is 6.10. The molecule has 0 bridgehead atoms. The van der Waals surface area contributed by atoms with Crippen molar-refractivity contribution in [3.05, 3.63) is 53.2 Å². The number of rotatable bonds is 1. The summed E-state index contributed by atoms with van der Waals surface area (Å²) in [6, 6.07) is 11.9. The summed E-state index contributed by atoms with van der Waals surface area (Å²) in [5.74, 6) is 0. The van der Waals surface area contributed by atoms with Gasteiger partial charge in [-0.3, -0.25) is 4.98 Å². The normalized spacial score (nSPS) is 10.1. The quantitative estimate of drug-likeness (QED) is 0.689. The molecule has 1 nitrogen and oxygen atoms in total. The Balaban J connectivity index is 2.53. The van der Waals surface area contributed by atoms with Gasteiger partial charge in [-0.1, -0.05) is 41.9 Å². The van der Waals surface area contributed by atoms with E-state index in [0.717, 1.165) is 16.8 Å². The minimum Gasteiger partial charge on any atom is -0.254 e. The zero-order valence-electron chi connectivity index (χ0n) is 7.87. The lowest BCUT2D eigenvalue weighted by Crippen LogP contribution is -1.85. The highest BCUT2D eigenvalue weighted by atomic mass is 35.5. The van der Waals surface area contributed by atoms with Crippen LogP contribution >= 0.6 is 11.6 Å². The molecular weight excluding hydrogens is 194 g/mol. The third-order valence-electron chi connectivity index (χ3n) is 2.03. The first-order valence-electron chi connectivity index (χ1n) is 4.45. The first kappa shape index (κ1) is 9.22. The van der Waals surface area contributed by atoms with Gasteiger partial charge in [-0.25, -0.2) is 0 Å². The number of pyridine rings is 1. The first-order valence-corrected chi connectivity index (χ1v) is 4.83. The summed E-state index contributed by atoms with van der Waals surface area (Å²) in [6.45, 7) is 1.98. The molecule has 0 unspecified atom stereocenters. The Morgan fingerprint density at radius 1 is 1.14 bits per heavy atom. The Kier molecular flexibility index (Phi) is 2.51. The van der Waals surface area contributed by atoms with Crippen LogP contribution in [0.5, 0.6) is 0 Å². The molecule has 2 aromatic rings. The van der Waals surface area contributed by atoms with Crippen LogP contribution in [0.4, 0.5) is 0 Å². The Hall–Kier alpha value is -1.34. The molecule has 0 N–H and O–H groups in total. The Bertz CT molecular complexity index is 437. The second-order valence-electron chi connectivity index (χ2n) is 3.21. The largest absolute Gasteiger partial charge is 0.254 e. The van der Waals surface area contributed by atoms with Crippen LogP contribution in [0.3, 0.4) is 0 Å². The van der Waals surface area contributed by atoms with Crippen LogP contribution in [0.25, 0.3) is 11.3 Å². The van der Waals surface area contributed by atoms with Crippen molar-refractivity contribution in [2.24, 2.45) is 0 Å². The summed E-state index contributed by atoms with van der Waals surface area (Å²) in [7, 11) is 0. The van der Waals surface area contributed by atoms with E-state index in [2.05, 4.69) is 4.98 Å². The Morgan fingerprint density at radius 2 is 1.86 bits per heavy atom. The van der Waals surface area contributed by atoms with Gasteiger partial charge >= 0.3 is 0 Å². The summed E-state index contributed by atoms with van der Waals surface area (Å²) in [4.78, 5) is 4.32. The molecule has 1 heterocycles. The monoisotopic (exact) mass is 203 g/mol. The van der Waals surface area contributed by atoms with E-state index in [-0.39, 0.29) is 0 Å². The van der Waals surface area contributed by atoms with Gasteiger partial charge in [-0.05, 0) is 18.6 Å². The minimum absolute atomic E-state index is 0.705. The van der Waals surface area contributed by atoms with Crippen molar-refractivity contribution in [2.75, 3.05) is 0 Å². The number of hydrogen-bond acceptors (Lipinski definition) is 1. The number of aryl methyl sites for hydroxylation is 1. The number of halogens is 1. The third kappa shape index (κ3) is 1.78. The summed E-state index contributed by atoms with van der Waals surface area (Å²) in [5.41, 5.74) is 2.98. The Labute approximate surface area is 88.4 Å². The SMILES string of the molecule is Cc1cnc(-c2ccccc2)c(Cl)c1. The van der Waals surface area contributed by atoms with Crippen LogP contribution in [0.15, 0.2) is 42.6 Å². The van der Waals surface area contributed by atoms with Gasteiger partial charge < -0.3 is 0 Å². The van der Waals surface area contributed by atoms with Crippen molar-refractivity contribution >= 4 is 11.6 Å². The van der Waals surface area contributed by atoms with E-state index in [4.69, 9.17) is 11.6 Å². The predicted octanol–water partition coefficient (Wildman–Crippen LogP) is 3.71. The fourth-order valence-electron chi connectivity index (χ4n) is 1.34. The molecule has 14 heavy (non-hydrogen) atoms. The number of nitrogens with zero attached hydrogens (tertiary/aromatic N) is 1. The lowest BCUT2D eigenvalue weighted by Gasteiger charge is -2.03. The van der Waals surface area contributed by atoms with Crippen molar-refractivity contribution in [1.82, 2.24) is 4.98 Å². The molecule has 0 amide bonds. The van der Waals surface area contributed by atoms with Gasteiger partial charge in [0.15, 0.2) is 0 Å². The fraction of sp³-hybridized carbons (Fsp3) is 0.0833. The van der Waals surface area contributed by atoms with Gasteiger partial charge in [0, 0.05) is 11.8 Å². The molecule has 0 saturated heterocycles. The topological polar surface area (TPSA) is 12.9 Å². The zero-order valence-corrected chi connectivity index (χ0v) is 8.62. The Morgan fingerprint density at radius 3 is 2.50 bits per heavy atom. The number of aromatic nitrogens is 1. The summed E-state index contributed by atoms with van der Waals surface area (Å²) in [6.07, 6.45) is 1.83. The van der Waals surface area contributed by atoms with Gasteiger partial charge in [-0.15, -0.1) is 0 Å². The van der Waals surface area contributed by atoms with Crippen molar-refractivity contribution in [3.63, 3.8) is 0 Å². The van der Waals surface area contributed by atoms with Gasteiger partial charge in [0.1, 0.15) is 0 Å². The van der Waals surface area contributed by atoms with Gasteiger partial charge in [0.2, 0.25) is 0 Å². The highest BCUT2D eigenvalue weighted by Crippen LogP contribution is 2.25. The van der Waals surface area contributed by atoms with Crippen molar-refractivity contribution in [1.29, 1.82) is 0 Å². The average Bonchev–Trinajstić information content (AvgIpc) is 2.19. The molecule has 0 fully saturated rings. The maximum atomic E-state index is 6.10. The zero-order chi connectivity index (χ0) is 9.97. The molecular formula is C12H10ClN. The molecule has 0 spiro atoms. The molecule has 0 aliphatic carbocycles. The standard InChI is InChI=1S/C12H10ClN/c1-9-7-11(13)12(14-8-9)10-5-3-2-4-6-10/h2-8H,1H3. The molecule has 0 aliphatic rings. The molecule has 0 saturated carbocycles. The van der Waals surface area contributed by atoms with E-state index in [1.807, 2.05) is 49.5 Å². The van der Waals surface area contributed by atoms with Gasteiger partial charge in [-0.2, -0.15) is 0 Å². The molecule has 70 valence electrons. The van der Waals surface area contributed by atoms with E-state index < -0.39 is 0 Å². The highest BCUT2D eigenvalue weighted by molar-refractivity contribution is 6.33. The van der Waals surface area contributed by atoms with Gasteiger partial charge in [0.25, 0.3) is 0 Å². The van der Waals surface area contributed by atoms with Crippen LogP contribution < -0.4 is 0 Å². The maximum Gasteiger partial charge on any atom is 0.0888 e. The number of benzene rings is 1. The van der Waals surface area contributed by atoms with Crippen molar-refractivity contribution in [2.45, 2.75) is 6.92 Å². The van der Waals surface area contributed by atoms with Gasteiger partial charge in [0.05, 0.1) is 10.7 Å². The summed E-state index contributed by atoms with van der Waals surface area (Å²) < 4.78 is 0. The molecule has 1 aromatic heterocycles. The van der Waals surface area contributed by atoms with E-state index in [0.29, 0.717) is 5.02 Å². The molecule has 0 atom stereocenters. The van der Waals surface area contributed by atoms with E-state index in [9.17, 15) is 0 Å². The summed E-state index contributed by atoms with van der Waals surface area (Å²) in [5, 5.41) is 0.705. The molecule has 0 radical (unpaired) electrons. The lowest BCUT2D eigenvalue weighted by atomic mass is 10.1. The van der Waals surface area contributed by atoms with E-state index in [1.165, 1.54) is 0 Å². The average molecular weight is 204 g/mol. The second kappa shape index (κ2) is 3.81. The molecule has 2 rings (SSSR count). The third-order valence-corrected chi connectivity index (χ3v) is 2.31. The maximum absolute atomic E-state index is 6.10. The minimum atomic E-state index is 0.705. The van der Waals surface area contributed by atoms with Crippen molar-refractivity contribution < 1.29 is 0 Å². The van der Waals surface area contributed by atoms with E-state index >= 15 is 0 Å². The molecule has 2 heteroatoms. The predicted molar refractivity (Wildman–Crippen MR) is 59.4 cm³/mol. The fourth-order valence-corrected chi connectivity index (χ4v) is 1.67. The second-order valence-corrected chi connectivity index (χ2v) is 3.62. The van der Waals surface area contributed by atoms with Crippen molar-refractivity contribution in [3.8, 4) is 11.3 Å². The van der Waals surface area contributed by atoms with Crippen LogP contribution in [0, 0.1) is 6.92 Å². The highest BCUT2D eigenvalue weighted by Gasteiger charge is 2.03. The molecule has 1 aromatic carbocycles. The van der Waals surface area contributed by atoms with Crippen LogP contribution in [-0.2, 0) is 0 Å². The first-order chi connectivity index (χ1) is 6.77. The van der Waals surface area contributed by atoms with Crippen LogP contribution in [0.2, 0.25) is 5.02 Å². The van der Waals surface area contributed by atoms with E-state index in [1.54, 1.807) is 0 Å².